The summed E-state index contributed by atoms with van der Waals surface area (Å²) in [6.07, 6.45) is 1.14. The summed E-state index contributed by atoms with van der Waals surface area (Å²) in [4.78, 5) is 26.9. The minimum absolute atomic E-state index is 0.0930. The van der Waals surface area contributed by atoms with Gasteiger partial charge in [-0.15, -0.1) is 0 Å². The van der Waals surface area contributed by atoms with Crippen molar-refractivity contribution in [1.82, 2.24) is 14.7 Å². The Morgan fingerprint density at radius 3 is 2.75 bits per heavy atom. The second-order valence-electron chi connectivity index (χ2n) is 4.15. The summed E-state index contributed by atoms with van der Waals surface area (Å²) < 4.78 is 6.03. The fraction of sp³-hybridized carbons (Fsp3) is 0.0769. The van der Waals surface area contributed by atoms with Crippen molar-refractivity contribution in [1.29, 1.82) is 0 Å². The summed E-state index contributed by atoms with van der Waals surface area (Å²) in [5, 5.41) is 12.8. The number of aromatic nitrogens is 3. The molecule has 2 heterocycles. The minimum Gasteiger partial charge on any atom is -0.480 e. The molecule has 0 radical (unpaired) electrons. The molecule has 0 fully saturated rings. The first-order chi connectivity index (χ1) is 9.66. The van der Waals surface area contributed by atoms with Crippen LogP contribution in [-0.2, 0) is 11.3 Å². The van der Waals surface area contributed by atoms with Gasteiger partial charge in [-0.2, -0.15) is 0 Å². The third kappa shape index (κ3) is 1.95. The molecule has 100 valence electrons. The molecule has 2 aromatic heterocycles. The van der Waals surface area contributed by atoms with Gasteiger partial charge in [0.2, 0.25) is 0 Å². The number of carbonyl (C=O) groups is 1. The van der Waals surface area contributed by atoms with Gasteiger partial charge in [0, 0.05) is 5.56 Å². The summed E-state index contributed by atoms with van der Waals surface area (Å²) in [5.74, 6) is -1.12. The number of carboxylic acids is 1. The molecule has 1 aromatic carbocycles. The fourth-order valence-corrected chi connectivity index (χ4v) is 1.93. The Labute approximate surface area is 112 Å². The minimum atomic E-state index is -1.12. The van der Waals surface area contributed by atoms with Crippen LogP contribution in [0.4, 0.5) is 0 Å². The first-order valence-corrected chi connectivity index (χ1v) is 5.79. The molecule has 3 rings (SSSR count). The molecule has 0 aliphatic rings. The molecule has 20 heavy (non-hydrogen) atoms. The van der Waals surface area contributed by atoms with Crippen LogP contribution in [-0.4, -0.2) is 25.8 Å². The molecule has 0 aliphatic carbocycles. The van der Waals surface area contributed by atoms with Gasteiger partial charge in [0.05, 0.1) is 0 Å². The van der Waals surface area contributed by atoms with Gasteiger partial charge in [0.15, 0.2) is 0 Å². The second kappa shape index (κ2) is 4.61. The zero-order chi connectivity index (χ0) is 14.1. The van der Waals surface area contributed by atoms with Gasteiger partial charge >= 0.3 is 5.97 Å². The highest BCUT2D eigenvalue weighted by molar-refractivity contribution is 5.88. The van der Waals surface area contributed by atoms with Crippen molar-refractivity contribution in [3.05, 3.63) is 47.0 Å². The number of aliphatic carboxylic acids is 1. The molecule has 3 aromatic rings. The number of benzene rings is 1. The highest BCUT2D eigenvalue weighted by Crippen LogP contribution is 2.23. The Morgan fingerprint density at radius 2 is 2.05 bits per heavy atom. The van der Waals surface area contributed by atoms with Crippen LogP contribution in [0.25, 0.3) is 22.4 Å². The van der Waals surface area contributed by atoms with Crippen LogP contribution in [0.2, 0.25) is 0 Å². The molecular formula is C13H9N3O4. The van der Waals surface area contributed by atoms with Crippen molar-refractivity contribution < 1.29 is 14.4 Å². The predicted molar refractivity (Wildman–Crippen MR) is 69.1 cm³/mol. The Hall–Kier alpha value is -2.96. The molecule has 0 saturated heterocycles. The Balaban J connectivity index is 2.25. The average Bonchev–Trinajstić information content (AvgIpc) is 2.87. The summed E-state index contributed by atoms with van der Waals surface area (Å²) in [6, 6.07) is 9.02. The van der Waals surface area contributed by atoms with E-state index in [1.54, 1.807) is 12.1 Å². The number of hydrogen-bond donors (Lipinski definition) is 1. The number of carboxylic acid groups (broad SMARTS) is 1. The molecule has 0 amide bonds. The van der Waals surface area contributed by atoms with Gasteiger partial charge in [0.25, 0.3) is 11.3 Å². The van der Waals surface area contributed by atoms with Gasteiger partial charge < -0.3 is 9.63 Å². The van der Waals surface area contributed by atoms with Crippen LogP contribution in [0.3, 0.4) is 0 Å². The molecule has 0 spiro atoms. The van der Waals surface area contributed by atoms with Gasteiger partial charge in [-0.05, 0) is 0 Å². The average molecular weight is 271 g/mol. The first kappa shape index (κ1) is 12.1. The zero-order valence-electron chi connectivity index (χ0n) is 10.2. The van der Waals surface area contributed by atoms with E-state index in [0.29, 0.717) is 11.3 Å². The smallest absolute Gasteiger partial charge is 0.323 e. The number of hydrogen-bond acceptors (Lipinski definition) is 5. The van der Waals surface area contributed by atoms with E-state index in [1.165, 1.54) is 0 Å². The van der Waals surface area contributed by atoms with Gasteiger partial charge in [-0.25, -0.2) is 4.98 Å². The molecule has 7 nitrogen and oxygen atoms in total. The topological polar surface area (TPSA) is 98.2 Å². The Bertz CT molecular complexity index is 836. The lowest BCUT2D eigenvalue weighted by atomic mass is 10.1. The van der Waals surface area contributed by atoms with Crippen molar-refractivity contribution in [2.24, 2.45) is 0 Å². The van der Waals surface area contributed by atoms with Gasteiger partial charge in [0.1, 0.15) is 24.0 Å². The molecule has 0 unspecified atom stereocenters. The molecule has 0 saturated carbocycles. The monoisotopic (exact) mass is 271 g/mol. The van der Waals surface area contributed by atoms with E-state index >= 15 is 0 Å². The maximum atomic E-state index is 12.3. The van der Waals surface area contributed by atoms with Crippen LogP contribution in [0.15, 0.2) is 46.0 Å². The summed E-state index contributed by atoms with van der Waals surface area (Å²) >= 11 is 0. The van der Waals surface area contributed by atoms with Crippen molar-refractivity contribution in [3.8, 4) is 11.3 Å². The summed E-state index contributed by atoms with van der Waals surface area (Å²) in [6.45, 7) is -0.457. The van der Waals surface area contributed by atoms with E-state index in [1.807, 2.05) is 18.2 Å². The first-order valence-electron chi connectivity index (χ1n) is 5.79. The lowest BCUT2D eigenvalue weighted by molar-refractivity contribution is -0.137. The zero-order valence-corrected chi connectivity index (χ0v) is 10.2. The van der Waals surface area contributed by atoms with E-state index in [2.05, 4.69) is 10.1 Å². The standard InChI is InChI=1S/C13H9N3O4/c17-9(18)6-16-7-14-12-10(13(16)19)11(15-20-12)8-4-2-1-3-5-8/h1-5,7H,6H2,(H,17,18). The number of nitrogens with zero attached hydrogens (tertiary/aromatic N) is 3. The SMILES string of the molecule is O=C(O)Cn1cnc2onc(-c3ccccc3)c2c1=O. The van der Waals surface area contributed by atoms with E-state index < -0.39 is 18.1 Å². The van der Waals surface area contributed by atoms with Crippen LogP contribution >= 0.6 is 0 Å². The molecular weight excluding hydrogens is 262 g/mol. The van der Waals surface area contributed by atoms with Crippen LogP contribution < -0.4 is 5.56 Å². The lowest BCUT2D eigenvalue weighted by Gasteiger charge is -2.00. The van der Waals surface area contributed by atoms with Crippen molar-refractivity contribution in [2.45, 2.75) is 6.54 Å². The summed E-state index contributed by atoms with van der Waals surface area (Å²) in [5.41, 5.74) is 0.670. The maximum Gasteiger partial charge on any atom is 0.323 e. The highest BCUT2D eigenvalue weighted by atomic mass is 16.5. The number of rotatable bonds is 3. The Kier molecular flexibility index (Phi) is 2.79. The van der Waals surface area contributed by atoms with E-state index in [-0.39, 0.29) is 11.1 Å². The normalized spacial score (nSPS) is 10.8. The molecule has 0 aliphatic heterocycles. The highest BCUT2D eigenvalue weighted by Gasteiger charge is 2.17. The third-order valence-corrected chi connectivity index (χ3v) is 2.82. The molecule has 0 atom stereocenters. The van der Waals surface area contributed by atoms with Crippen LogP contribution in [0.5, 0.6) is 0 Å². The fourth-order valence-electron chi connectivity index (χ4n) is 1.93. The van der Waals surface area contributed by atoms with Crippen molar-refractivity contribution >= 4 is 17.1 Å². The van der Waals surface area contributed by atoms with Crippen LogP contribution in [0, 0.1) is 0 Å². The van der Waals surface area contributed by atoms with E-state index in [9.17, 15) is 9.59 Å². The predicted octanol–water partition coefficient (Wildman–Crippen LogP) is 1.14. The summed E-state index contributed by atoms with van der Waals surface area (Å²) in [7, 11) is 0. The van der Waals surface area contributed by atoms with Crippen molar-refractivity contribution in [3.63, 3.8) is 0 Å². The third-order valence-electron chi connectivity index (χ3n) is 2.82. The lowest BCUT2D eigenvalue weighted by Crippen LogP contribution is -2.24. The van der Waals surface area contributed by atoms with Gasteiger partial charge in [-0.1, -0.05) is 35.5 Å². The van der Waals surface area contributed by atoms with Crippen molar-refractivity contribution in [2.75, 3.05) is 0 Å². The largest absolute Gasteiger partial charge is 0.480 e. The van der Waals surface area contributed by atoms with Gasteiger partial charge in [-0.3, -0.25) is 14.2 Å². The molecule has 7 heteroatoms. The van der Waals surface area contributed by atoms with E-state index in [0.717, 1.165) is 10.9 Å². The second-order valence-corrected chi connectivity index (χ2v) is 4.15. The number of fused-ring (bicyclic) bond motifs is 1. The maximum absolute atomic E-state index is 12.3. The van der Waals surface area contributed by atoms with E-state index in [4.69, 9.17) is 9.63 Å². The Morgan fingerprint density at radius 1 is 1.30 bits per heavy atom. The quantitative estimate of drug-likeness (QED) is 0.766. The van der Waals surface area contributed by atoms with Crippen LogP contribution in [0.1, 0.15) is 0 Å². The molecule has 1 N–H and O–H groups in total. The molecule has 0 bridgehead atoms.